The number of hydrogen-bond acceptors (Lipinski definition) is 4. The first-order valence-electron chi connectivity index (χ1n) is 6.42. The molecule has 0 aromatic rings. The number of aliphatic carboxylic acids is 1. The molecule has 0 saturated carbocycles. The number of nitrogens with two attached hydrogens (primary N) is 1. The highest BCUT2D eigenvalue weighted by molar-refractivity contribution is 5.79. The molecule has 2 atom stereocenters. The van der Waals surface area contributed by atoms with Gasteiger partial charge in [0.2, 0.25) is 5.91 Å². The van der Waals surface area contributed by atoms with E-state index >= 15 is 0 Å². The smallest absolute Gasteiger partial charge is 0.306 e. The summed E-state index contributed by atoms with van der Waals surface area (Å²) < 4.78 is 5.00. The predicted octanol–water partition coefficient (Wildman–Crippen LogP) is 0.603. The van der Waals surface area contributed by atoms with Crippen LogP contribution in [0.3, 0.4) is 0 Å². The van der Waals surface area contributed by atoms with Crippen LogP contribution in [-0.2, 0) is 14.3 Å². The molecule has 0 spiro atoms. The molecule has 0 aliphatic heterocycles. The van der Waals surface area contributed by atoms with Gasteiger partial charge in [0.1, 0.15) is 0 Å². The number of rotatable bonds is 8. The number of carbonyl (C=O) groups is 2. The van der Waals surface area contributed by atoms with Crippen LogP contribution < -0.4 is 11.1 Å². The number of amides is 1. The molecule has 0 aromatic carbocycles. The molecule has 2 unspecified atom stereocenters. The van der Waals surface area contributed by atoms with Gasteiger partial charge in [0.05, 0.1) is 18.4 Å². The summed E-state index contributed by atoms with van der Waals surface area (Å²) in [5.74, 6) is -1.36. The SMILES string of the molecule is COC(CNC(=O)C(CN)CC(C)(C)C)CC(=O)O. The number of nitrogens with one attached hydrogen (secondary N) is 1. The first kappa shape index (κ1) is 17.9. The molecule has 0 radical (unpaired) electrons. The molecule has 0 aromatic heterocycles. The van der Waals surface area contributed by atoms with E-state index in [0.717, 1.165) is 0 Å². The Labute approximate surface area is 114 Å². The van der Waals surface area contributed by atoms with Crippen molar-refractivity contribution in [1.82, 2.24) is 5.32 Å². The van der Waals surface area contributed by atoms with Crippen LogP contribution in [0.4, 0.5) is 0 Å². The lowest BCUT2D eigenvalue weighted by molar-refractivity contribution is -0.140. The highest BCUT2D eigenvalue weighted by atomic mass is 16.5. The fraction of sp³-hybridized carbons (Fsp3) is 0.846. The van der Waals surface area contributed by atoms with Gasteiger partial charge in [-0.2, -0.15) is 0 Å². The van der Waals surface area contributed by atoms with Crippen LogP contribution in [0.1, 0.15) is 33.6 Å². The Morgan fingerprint density at radius 1 is 1.37 bits per heavy atom. The Hall–Kier alpha value is -1.14. The van der Waals surface area contributed by atoms with Gasteiger partial charge >= 0.3 is 5.97 Å². The Bertz CT molecular complexity index is 300. The fourth-order valence-corrected chi connectivity index (χ4v) is 1.81. The lowest BCUT2D eigenvalue weighted by atomic mass is 9.84. The number of carbonyl (C=O) groups excluding carboxylic acids is 1. The zero-order chi connectivity index (χ0) is 15.1. The first-order valence-corrected chi connectivity index (χ1v) is 6.42. The Balaban J connectivity index is 4.29. The molecule has 19 heavy (non-hydrogen) atoms. The van der Waals surface area contributed by atoms with Gasteiger partial charge in [-0.05, 0) is 11.8 Å². The normalized spacial score (nSPS) is 14.8. The third-order valence-corrected chi connectivity index (χ3v) is 2.75. The van der Waals surface area contributed by atoms with Gasteiger partial charge in [0.25, 0.3) is 0 Å². The van der Waals surface area contributed by atoms with Gasteiger partial charge in [-0.15, -0.1) is 0 Å². The summed E-state index contributed by atoms with van der Waals surface area (Å²) in [7, 11) is 1.43. The van der Waals surface area contributed by atoms with Gasteiger partial charge in [0.15, 0.2) is 0 Å². The second-order valence-corrected chi connectivity index (χ2v) is 5.90. The Kier molecular flexibility index (Phi) is 7.63. The predicted molar refractivity (Wildman–Crippen MR) is 72.7 cm³/mol. The maximum atomic E-state index is 12.0. The fourth-order valence-electron chi connectivity index (χ4n) is 1.81. The lowest BCUT2D eigenvalue weighted by Gasteiger charge is -2.25. The molecule has 6 heteroatoms. The summed E-state index contributed by atoms with van der Waals surface area (Å²) in [4.78, 5) is 22.5. The maximum absolute atomic E-state index is 12.0. The van der Waals surface area contributed by atoms with Crippen molar-refractivity contribution in [3.05, 3.63) is 0 Å². The summed E-state index contributed by atoms with van der Waals surface area (Å²) in [6.07, 6.45) is 0.0319. The van der Waals surface area contributed by atoms with Crippen LogP contribution in [0.2, 0.25) is 0 Å². The van der Waals surface area contributed by atoms with Crippen LogP contribution in [0.15, 0.2) is 0 Å². The second-order valence-electron chi connectivity index (χ2n) is 5.90. The van der Waals surface area contributed by atoms with E-state index in [2.05, 4.69) is 5.32 Å². The van der Waals surface area contributed by atoms with Crippen LogP contribution in [0.5, 0.6) is 0 Å². The van der Waals surface area contributed by atoms with Gasteiger partial charge < -0.3 is 20.9 Å². The van der Waals surface area contributed by atoms with Crippen molar-refractivity contribution in [3.8, 4) is 0 Å². The molecular formula is C13H26N2O4. The quantitative estimate of drug-likeness (QED) is 0.601. The molecule has 0 bridgehead atoms. The number of hydrogen-bond donors (Lipinski definition) is 3. The van der Waals surface area contributed by atoms with Crippen molar-refractivity contribution in [1.29, 1.82) is 0 Å². The van der Waals surface area contributed by atoms with Crippen LogP contribution in [0, 0.1) is 11.3 Å². The maximum Gasteiger partial charge on any atom is 0.306 e. The van der Waals surface area contributed by atoms with E-state index < -0.39 is 12.1 Å². The van der Waals surface area contributed by atoms with E-state index in [0.29, 0.717) is 6.42 Å². The highest BCUT2D eigenvalue weighted by Gasteiger charge is 2.24. The van der Waals surface area contributed by atoms with E-state index in [1.54, 1.807) is 0 Å². The van der Waals surface area contributed by atoms with E-state index in [1.165, 1.54) is 7.11 Å². The van der Waals surface area contributed by atoms with Crippen molar-refractivity contribution in [2.45, 2.75) is 39.7 Å². The minimum Gasteiger partial charge on any atom is -0.481 e. The topological polar surface area (TPSA) is 102 Å². The molecule has 1 amide bonds. The zero-order valence-electron chi connectivity index (χ0n) is 12.2. The minimum absolute atomic E-state index is 0.0170. The summed E-state index contributed by atoms with van der Waals surface area (Å²) in [5, 5.41) is 11.4. The summed E-state index contributed by atoms with van der Waals surface area (Å²) in [5.41, 5.74) is 5.63. The monoisotopic (exact) mass is 274 g/mol. The molecule has 0 aliphatic rings. The van der Waals surface area contributed by atoms with Gasteiger partial charge in [0, 0.05) is 20.2 Å². The highest BCUT2D eigenvalue weighted by Crippen LogP contribution is 2.23. The van der Waals surface area contributed by atoms with E-state index in [4.69, 9.17) is 15.6 Å². The summed E-state index contributed by atoms with van der Waals surface area (Å²) >= 11 is 0. The van der Waals surface area contributed by atoms with Crippen LogP contribution in [0.25, 0.3) is 0 Å². The standard InChI is InChI=1S/C13H26N2O4/c1-13(2,3)6-9(7-14)12(18)15-8-10(19-4)5-11(16)17/h9-10H,5-8,14H2,1-4H3,(H,15,18)(H,16,17). The largest absolute Gasteiger partial charge is 0.481 e. The van der Waals surface area contributed by atoms with Crippen molar-refractivity contribution in [2.75, 3.05) is 20.2 Å². The van der Waals surface area contributed by atoms with E-state index in [-0.39, 0.29) is 36.8 Å². The molecule has 0 rings (SSSR count). The molecule has 6 nitrogen and oxygen atoms in total. The Morgan fingerprint density at radius 3 is 2.32 bits per heavy atom. The number of ether oxygens (including phenoxy) is 1. The van der Waals surface area contributed by atoms with Crippen LogP contribution in [-0.4, -0.2) is 43.3 Å². The number of carboxylic acids is 1. The third kappa shape index (κ3) is 8.56. The molecule has 0 aliphatic carbocycles. The average Bonchev–Trinajstić information content (AvgIpc) is 2.29. The molecule has 112 valence electrons. The van der Waals surface area contributed by atoms with Crippen molar-refractivity contribution < 1.29 is 19.4 Å². The Morgan fingerprint density at radius 2 is 1.95 bits per heavy atom. The molecule has 0 fully saturated rings. The number of methoxy groups -OCH3 is 1. The van der Waals surface area contributed by atoms with Crippen molar-refractivity contribution in [3.63, 3.8) is 0 Å². The third-order valence-electron chi connectivity index (χ3n) is 2.75. The van der Waals surface area contributed by atoms with Gasteiger partial charge in [-0.1, -0.05) is 20.8 Å². The summed E-state index contributed by atoms with van der Waals surface area (Å²) in [6, 6.07) is 0. The molecule has 0 heterocycles. The van der Waals surface area contributed by atoms with Gasteiger partial charge in [-0.25, -0.2) is 0 Å². The second kappa shape index (κ2) is 8.12. The van der Waals surface area contributed by atoms with E-state index in [9.17, 15) is 9.59 Å². The van der Waals surface area contributed by atoms with E-state index in [1.807, 2.05) is 20.8 Å². The minimum atomic E-state index is -0.953. The van der Waals surface area contributed by atoms with Crippen LogP contribution >= 0.6 is 0 Å². The zero-order valence-corrected chi connectivity index (χ0v) is 12.2. The summed E-state index contributed by atoms with van der Waals surface area (Å²) in [6.45, 7) is 6.60. The first-order chi connectivity index (χ1) is 8.69. The molecule has 0 saturated heterocycles. The molecular weight excluding hydrogens is 248 g/mol. The number of carboxylic acid groups (broad SMARTS) is 1. The molecule has 4 N–H and O–H groups in total. The average molecular weight is 274 g/mol. The van der Waals surface area contributed by atoms with Crippen molar-refractivity contribution >= 4 is 11.9 Å². The lowest BCUT2D eigenvalue weighted by Crippen LogP contribution is -2.41. The van der Waals surface area contributed by atoms with Crippen molar-refractivity contribution in [2.24, 2.45) is 17.1 Å². The van der Waals surface area contributed by atoms with Gasteiger partial charge in [-0.3, -0.25) is 9.59 Å².